The Kier molecular flexibility index (Phi) is 7.82. The number of fused-ring (bicyclic) bond motifs is 1. The number of allylic oxidation sites excluding steroid dienone is 1. The molecule has 162 valence electrons. The molecule has 0 N–H and O–H groups in total. The Hall–Kier alpha value is -0.400. The number of rotatable bonds is 9. The van der Waals surface area contributed by atoms with Crippen LogP contribution in [0, 0.1) is 5.92 Å². The van der Waals surface area contributed by atoms with E-state index < -0.39 is 32.9 Å². The van der Waals surface area contributed by atoms with Crippen molar-refractivity contribution in [1.29, 1.82) is 0 Å². The molecule has 28 heavy (non-hydrogen) atoms. The molecule has 5 atom stereocenters. The normalized spacial score (nSPS) is 31.8. The lowest BCUT2D eigenvalue weighted by Crippen LogP contribution is -2.50. The lowest BCUT2D eigenvalue weighted by molar-refractivity contribution is -0.156. The first-order valence-electron chi connectivity index (χ1n) is 8.96. The smallest absolute Gasteiger partial charge is 0.381 e. The number of aldehydes is 1. The zero-order valence-corrected chi connectivity index (χ0v) is 18.4. The van der Waals surface area contributed by atoms with E-state index in [1.54, 1.807) is 6.92 Å². The second kappa shape index (κ2) is 9.17. The SMILES string of the molecule is C=C(OS(=O)(=O)C(F)(F)F)C(C)C[C@H]1CC[C@@H]2O[C@@H](CCC=O)C[C@]2(CI)O1. The first-order chi connectivity index (χ1) is 12.9. The summed E-state index contributed by atoms with van der Waals surface area (Å²) in [5, 5.41) is 0. The second-order valence-electron chi connectivity index (χ2n) is 7.30. The first kappa shape index (κ1) is 23.9. The van der Waals surface area contributed by atoms with Crippen molar-refractivity contribution in [2.75, 3.05) is 4.43 Å². The van der Waals surface area contributed by atoms with Gasteiger partial charge in [-0.05, 0) is 25.7 Å². The Morgan fingerprint density at radius 1 is 1.39 bits per heavy atom. The fourth-order valence-electron chi connectivity index (χ4n) is 3.66. The summed E-state index contributed by atoms with van der Waals surface area (Å²) in [6.07, 6.45) is 3.78. The van der Waals surface area contributed by atoms with Gasteiger partial charge in [-0.2, -0.15) is 21.6 Å². The number of ether oxygens (including phenoxy) is 2. The lowest BCUT2D eigenvalue weighted by atomic mass is 9.86. The van der Waals surface area contributed by atoms with Crippen molar-refractivity contribution in [2.45, 2.75) is 74.9 Å². The number of carbonyl (C=O) groups is 1. The van der Waals surface area contributed by atoms with Gasteiger partial charge < -0.3 is 18.5 Å². The van der Waals surface area contributed by atoms with E-state index in [1.807, 2.05) is 0 Å². The first-order valence-corrected chi connectivity index (χ1v) is 11.9. The third-order valence-corrected chi connectivity index (χ3v) is 7.46. The van der Waals surface area contributed by atoms with Gasteiger partial charge in [-0.1, -0.05) is 36.1 Å². The molecule has 0 bridgehead atoms. The number of alkyl halides is 4. The monoisotopic (exact) mass is 540 g/mol. The van der Waals surface area contributed by atoms with Crippen LogP contribution in [0.1, 0.15) is 45.4 Å². The molecule has 0 aliphatic carbocycles. The van der Waals surface area contributed by atoms with E-state index in [2.05, 4.69) is 33.4 Å². The van der Waals surface area contributed by atoms with Gasteiger partial charge >= 0.3 is 15.6 Å². The van der Waals surface area contributed by atoms with Crippen LogP contribution in [-0.2, 0) is 28.6 Å². The summed E-state index contributed by atoms with van der Waals surface area (Å²) in [5.41, 5.74) is -6.00. The minimum absolute atomic E-state index is 0.0589. The average Bonchev–Trinajstić information content (AvgIpc) is 2.96. The highest BCUT2D eigenvalue weighted by Crippen LogP contribution is 2.45. The fraction of sp³-hybridized carbons (Fsp3) is 0.824. The van der Waals surface area contributed by atoms with Gasteiger partial charge in [0.05, 0.1) is 18.3 Å². The molecule has 0 spiro atoms. The van der Waals surface area contributed by atoms with Gasteiger partial charge in [0, 0.05) is 23.2 Å². The summed E-state index contributed by atoms with van der Waals surface area (Å²) in [5.74, 6) is -1.10. The Morgan fingerprint density at radius 3 is 2.64 bits per heavy atom. The van der Waals surface area contributed by atoms with Crippen LogP contribution in [0.25, 0.3) is 0 Å². The number of hydrogen-bond donors (Lipinski definition) is 0. The van der Waals surface area contributed by atoms with Gasteiger partial charge in [0.2, 0.25) is 0 Å². The summed E-state index contributed by atoms with van der Waals surface area (Å²) in [6, 6.07) is 0. The van der Waals surface area contributed by atoms with E-state index in [9.17, 15) is 26.4 Å². The van der Waals surface area contributed by atoms with Crippen LogP contribution in [0.2, 0.25) is 0 Å². The Morgan fingerprint density at radius 2 is 2.07 bits per heavy atom. The van der Waals surface area contributed by atoms with Crippen LogP contribution < -0.4 is 0 Å². The van der Waals surface area contributed by atoms with Crippen molar-refractivity contribution in [3.05, 3.63) is 12.3 Å². The summed E-state index contributed by atoms with van der Waals surface area (Å²) < 4.78 is 76.8. The van der Waals surface area contributed by atoms with Gasteiger partial charge in [0.25, 0.3) is 0 Å². The van der Waals surface area contributed by atoms with Crippen LogP contribution in [0.15, 0.2) is 12.3 Å². The molecule has 11 heteroatoms. The second-order valence-corrected chi connectivity index (χ2v) is 9.60. The van der Waals surface area contributed by atoms with Gasteiger partial charge in [0.1, 0.15) is 17.6 Å². The molecule has 2 rings (SSSR count). The van der Waals surface area contributed by atoms with Gasteiger partial charge in [-0.3, -0.25) is 0 Å². The largest absolute Gasteiger partial charge is 0.534 e. The highest BCUT2D eigenvalue weighted by atomic mass is 127. The molecule has 2 saturated heterocycles. The van der Waals surface area contributed by atoms with Gasteiger partial charge in [-0.25, -0.2) is 0 Å². The number of halogens is 4. The van der Waals surface area contributed by atoms with Crippen LogP contribution in [0.4, 0.5) is 13.2 Å². The quantitative estimate of drug-likeness (QED) is 0.110. The highest BCUT2D eigenvalue weighted by molar-refractivity contribution is 14.1. The molecule has 2 fully saturated rings. The van der Waals surface area contributed by atoms with Crippen molar-refractivity contribution in [3.8, 4) is 0 Å². The molecular weight excluding hydrogens is 516 g/mol. The van der Waals surface area contributed by atoms with Gasteiger partial charge in [-0.15, -0.1) is 0 Å². The molecule has 0 aromatic carbocycles. The maximum atomic E-state index is 12.5. The zero-order chi connectivity index (χ0) is 21.2. The molecule has 6 nitrogen and oxygen atoms in total. The Bertz CT molecular complexity index is 683. The van der Waals surface area contributed by atoms with E-state index in [4.69, 9.17) is 9.47 Å². The maximum absolute atomic E-state index is 12.5. The third-order valence-electron chi connectivity index (χ3n) is 5.17. The van der Waals surface area contributed by atoms with Gasteiger partial charge in [0.15, 0.2) is 0 Å². The Balaban J connectivity index is 1.97. The fourth-order valence-corrected chi connectivity index (χ4v) is 5.19. The van der Waals surface area contributed by atoms with Crippen LogP contribution >= 0.6 is 22.6 Å². The maximum Gasteiger partial charge on any atom is 0.534 e. The molecule has 2 aliphatic rings. The average molecular weight is 540 g/mol. The minimum atomic E-state index is -5.72. The van der Waals surface area contributed by atoms with Crippen LogP contribution in [0.5, 0.6) is 0 Å². The predicted octanol–water partition coefficient (Wildman–Crippen LogP) is 3.88. The molecule has 0 aromatic rings. The van der Waals surface area contributed by atoms with E-state index >= 15 is 0 Å². The van der Waals surface area contributed by atoms with E-state index in [0.717, 1.165) is 12.7 Å². The lowest BCUT2D eigenvalue weighted by Gasteiger charge is -2.41. The highest BCUT2D eigenvalue weighted by Gasteiger charge is 2.52. The van der Waals surface area contributed by atoms with Crippen molar-refractivity contribution < 1.29 is 40.0 Å². The van der Waals surface area contributed by atoms with E-state index in [0.29, 0.717) is 30.1 Å². The number of carbonyl (C=O) groups excluding carboxylic acids is 1. The molecule has 0 radical (unpaired) electrons. The number of hydrogen-bond acceptors (Lipinski definition) is 6. The summed E-state index contributed by atoms with van der Waals surface area (Å²) in [7, 11) is -5.72. The minimum Gasteiger partial charge on any atom is -0.381 e. The molecule has 2 heterocycles. The predicted molar refractivity (Wildman–Crippen MR) is 103 cm³/mol. The summed E-state index contributed by atoms with van der Waals surface area (Å²) in [6.45, 7) is 4.91. The molecular formula is C17H24F3IO6S. The van der Waals surface area contributed by atoms with E-state index in [1.165, 1.54) is 0 Å². The van der Waals surface area contributed by atoms with Crippen molar-refractivity contribution >= 4 is 39.0 Å². The van der Waals surface area contributed by atoms with Crippen molar-refractivity contribution in [1.82, 2.24) is 0 Å². The standard InChI is InChI=1S/C17H24F3IO6S/c1-11(12(2)27-28(23,24)17(18,19)20)8-13-5-6-15-16(10-21,26-13)9-14(25-15)4-3-7-22/h7,11,13-15H,2-6,8-10H2,1H3/t11?,13-,14+,15+,16-/m1/s1. The van der Waals surface area contributed by atoms with E-state index in [-0.39, 0.29) is 24.7 Å². The summed E-state index contributed by atoms with van der Waals surface area (Å²) >= 11 is 2.22. The molecule has 0 amide bonds. The molecule has 0 saturated carbocycles. The Labute approximate surface area is 176 Å². The van der Waals surface area contributed by atoms with Crippen LogP contribution in [-0.4, -0.2) is 48.6 Å². The third kappa shape index (κ3) is 5.39. The van der Waals surface area contributed by atoms with Crippen LogP contribution in [0.3, 0.4) is 0 Å². The molecule has 2 aliphatic heterocycles. The van der Waals surface area contributed by atoms with Crippen molar-refractivity contribution in [3.63, 3.8) is 0 Å². The molecule has 0 aromatic heterocycles. The zero-order valence-electron chi connectivity index (χ0n) is 15.4. The topological polar surface area (TPSA) is 78.9 Å². The summed E-state index contributed by atoms with van der Waals surface area (Å²) in [4.78, 5) is 10.6. The van der Waals surface area contributed by atoms with Crippen molar-refractivity contribution in [2.24, 2.45) is 5.92 Å². The molecule has 1 unspecified atom stereocenters.